The van der Waals surface area contributed by atoms with Crippen molar-refractivity contribution in [2.45, 2.75) is 44.0 Å². The molecule has 0 bridgehead atoms. The van der Waals surface area contributed by atoms with E-state index in [1.165, 1.54) is 15.6 Å². The lowest BCUT2D eigenvalue weighted by molar-refractivity contribution is -0.120. The van der Waals surface area contributed by atoms with Crippen molar-refractivity contribution >= 4 is 32.4 Å². The summed E-state index contributed by atoms with van der Waals surface area (Å²) in [4.78, 5) is 18.3. The van der Waals surface area contributed by atoms with Crippen molar-refractivity contribution in [3.8, 4) is 0 Å². The van der Waals surface area contributed by atoms with Crippen LogP contribution in [-0.2, 0) is 14.8 Å². The maximum atomic E-state index is 12.9. The molecular formula is C17H21N3O3S2. The van der Waals surface area contributed by atoms with Crippen LogP contribution in [0.1, 0.15) is 29.8 Å². The fraction of sp³-hybridized carbons (Fsp3) is 0.412. The van der Waals surface area contributed by atoms with E-state index in [2.05, 4.69) is 10.3 Å². The van der Waals surface area contributed by atoms with Gasteiger partial charge >= 0.3 is 0 Å². The lowest BCUT2D eigenvalue weighted by atomic mass is 10.0. The number of benzene rings is 1. The largest absolute Gasteiger partial charge is 0.301 e. The number of nitrogens with one attached hydrogen (secondary N) is 1. The molecular weight excluding hydrogens is 358 g/mol. The molecule has 3 rings (SSSR count). The number of piperidine rings is 1. The Kier molecular flexibility index (Phi) is 5.21. The van der Waals surface area contributed by atoms with Crippen molar-refractivity contribution in [3.05, 3.63) is 40.9 Å². The standard InChI is InChI=1S/C17H21N3O3S2/c1-12-13(2)24-17(18-12)19-16(21)15-10-6-7-11-20(15)25(22,23)14-8-4-3-5-9-14/h3-5,8-9,15H,6-7,10-11H2,1-2H3,(H,18,19,21). The summed E-state index contributed by atoms with van der Waals surface area (Å²) < 4.78 is 27.2. The molecule has 0 saturated carbocycles. The van der Waals surface area contributed by atoms with Crippen LogP contribution in [0.25, 0.3) is 0 Å². The summed E-state index contributed by atoms with van der Waals surface area (Å²) >= 11 is 1.40. The zero-order valence-corrected chi connectivity index (χ0v) is 15.9. The second-order valence-corrected chi connectivity index (χ2v) is 9.18. The number of rotatable bonds is 4. The van der Waals surface area contributed by atoms with Gasteiger partial charge in [-0.05, 0) is 38.8 Å². The highest BCUT2D eigenvalue weighted by Gasteiger charge is 2.37. The van der Waals surface area contributed by atoms with E-state index in [1.807, 2.05) is 13.8 Å². The smallest absolute Gasteiger partial charge is 0.244 e. The second kappa shape index (κ2) is 7.23. The SMILES string of the molecule is Cc1nc(NC(=O)C2CCCCN2S(=O)(=O)c2ccccc2)sc1C. The highest BCUT2D eigenvalue weighted by Crippen LogP contribution is 2.27. The number of carbonyl (C=O) groups is 1. The third-order valence-corrected chi connectivity index (χ3v) is 7.28. The quantitative estimate of drug-likeness (QED) is 0.886. The number of sulfonamides is 1. The number of nitrogens with zero attached hydrogens (tertiary/aromatic N) is 2. The summed E-state index contributed by atoms with van der Waals surface area (Å²) in [6, 6.07) is 7.56. The van der Waals surface area contributed by atoms with E-state index in [0.29, 0.717) is 18.1 Å². The van der Waals surface area contributed by atoms with E-state index in [0.717, 1.165) is 23.4 Å². The van der Waals surface area contributed by atoms with Crippen molar-refractivity contribution in [1.82, 2.24) is 9.29 Å². The van der Waals surface area contributed by atoms with E-state index >= 15 is 0 Å². The zero-order valence-electron chi connectivity index (χ0n) is 14.2. The number of thiazole rings is 1. The van der Waals surface area contributed by atoms with E-state index in [4.69, 9.17) is 0 Å². The predicted octanol–water partition coefficient (Wildman–Crippen LogP) is 2.94. The average Bonchev–Trinajstić information content (AvgIpc) is 2.93. The summed E-state index contributed by atoms with van der Waals surface area (Å²) in [6.45, 7) is 4.18. The number of hydrogen-bond acceptors (Lipinski definition) is 5. The van der Waals surface area contributed by atoms with Gasteiger partial charge in [0.1, 0.15) is 6.04 Å². The van der Waals surface area contributed by atoms with Gasteiger partial charge in [-0.2, -0.15) is 4.31 Å². The van der Waals surface area contributed by atoms with Crippen molar-refractivity contribution in [3.63, 3.8) is 0 Å². The minimum Gasteiger partial charge on any atom is -0.301 e. The van der Waals surface area contributed by atoms with Crippen LogP contribution in [0.15, 0.2) is 35.2 Å². The molecule has 1 aliphatic heterocycles. The molecule has 1 fully saturated rings. The van der Waals surface area contributed by atoms with Crippen molar-refractivity contribution in [1.29, 1.82) is 0 Å². The number of aromatic nitrogens is 1. The van der Waals surface area contributed by atoms with E-state index in [-0.39, 0.29) is 10.8 Å². The zero-order chi connectivity index (χ0) is 18.0. The number of amides is 1. The maximum Gasteiger partial charge on any atom is 0.244 e. The highest BCUT2D eigenvalue weighted by atomic mass is 32.2. The van der Waals surface area contributed by atoms with Gasteiger partial charge in [0, 0.05) is 11.4 Å². The summed E-state index contributed by atoms with van der Waals surface area (Å²) in [5.74, 6) is -0.312. The molecule has 2 aromatic rings. The molecule has 0 spiro atoms. The first-order valence-corrected chi connectivity index (χ1v) is 10.5. The number of aryl methyl sites for hydroxylation is 2. The first-order valence-electron chi connectivity index (χ1n) is 8.21. The van der Waals surface area contributed by atoms with Crippen molar-refractivity contribution in [2.75, 3.05) is 11.9 Å². The van der Waals surface area contributed by atoms with Gasteiger partial charge in [-0.25, -0.2) is 13.4 Å². The molecule has 25 heavy (non-hydrogen) atoms. The molecule has 0 radical (unpaired) electrons. The molecule has 1 atom stereocenters. The monoisotopic (exact) mass is 379 g/mol. The third kappa shape index (κ3) is 3.75. The Hall–Kier alpha value is -1.77. The van der Waals surface area contributed by atoms with Gasteiger partial charge in [-0.1, -0.05) is 24.6 Å². The summed E-state index contributed by atoms with van der Waals surface area (Å²) in [7, 11) is -3.70. The number of hydrogen-bond donors (Lipinski definition) is 1. The highest BCUT2D eigenvalue weighted by molar-refractivity contribution is 7.89. The van der Waals surface area contributed by atoms with Gasteiger partial charge in [-0.3, -0.25) is 4.79 Å². The van der Waals surface area contributed by atoms with Gasteiger partial charge in [0.25, 0.3) is 0 Å². The minimum atomic E-state index is -3.70. The van der Waals surface area contributed by atoms with Gasteiger partial charge in [0.05, 0.1) is 10.6 Å². The molecule has 0 aliphatic carbocycles. The third-order valence-electron chi connectivity index (χ3n) is 4.36. The summed E-state index contributed by atoms with van der Waals surface area (Å²) in [6.07, 6.45) is 2.10. The lowest BCUT2D eigenvalue weighted by Gasteiger charge is -2.33. The molecule has 1 aliphatic rings. The molecule has 1 aromatic heterocycles. The molecule has 6 nitrogen and oxygen atoms in total. The van der Waals surface area contributed by atoms with Gasteiger partial charge in [0.15, 0.2) is 5.13 Å². The molecule has 1 amide bonds. The molecule has 8 heteroatoms. The number of anilines is 1. The van der Waals surface area contributed by atoms with Crippen LogP contribution < -0.4 is 5.32 Å². The second-order valence-electron chi connectivity index (χ2n) is 6.09. The molecule has 1 saturated heterocycles. The number of carbonyl (C=O) groups excluding carboxylic acids is 1. The molecule has 134 valence electrons. The lowest BCUT2D eigenvalue weighted by Crippen LogP contribution is -2.49. The van der Waals surface area contributed by atoms with E-state index in [1.54, 1.807) is 30.3 Å². The fourth-order valence-corrected chi connectivity index (χ4v) is 5.39. The van der Waals surface area contributed by atoms with Crippen molar-refractivity contribution in [2.24, 2.45) is 0 Å². The van der Waals surface area contributed by atoms with E-state index < -0.39 is 16.1 Å². The first kappa shape index (κ1) is 18.0. The van der Waals surface area contributed by atoms with Crippen LogP contribution in [0.3, 0.4) is 0 Å². The van der Waals surface area contributed by atoms with Crippen LogP contribution >= 0.6 is 11.3 Å². The Morgan fingerprint density at radius 3 is 2.60 bits per heavy atom. The van der Waals surface area contributed by atoms with Gasteiger partial charge in [-0.15, -0.1) is 11.3 Å². The maximum absolute atomic E-state index is 12.9. The molecule has 1 aromatic carbocycles. The Labute approximate surface area is 151 Å². The van der Waals surface area contributed by atoms with Crippen LogP contribution in [0, 0.1) is 13.8 Å². The van der Waals surface area contributed by atoms with Crippen LogP contribution in [0.5, 0.6) is 0 Å². The minimum absolute atomic E-state index is 0.218. The Balaban J connectivity index is 1.84. The van der Waals surface area contributed by atoms with Crippen LogP contribution in [-0.4, -0.2) is 36.2 Å². The Morgan fingerprint density at radius 2 is 1.96 bits per heavy atom. The average molecular weight is 380 g/mol. The van der Waals surface area contributed by atoms with E-state index in [9.17, 15) is 13.2 Å². The topological polar surface area (TPSA) is 79.4 Å². The fourth-order valence-electron chi connectivity index (χ4n) is 2.90. The van der Waals surface area contributed by atoms with Crippen LogP contribution in [0.2, 0.25) is 0 Å². The molecule has 1 unspecified atom stereocenters. The molecule has 2 heterocycles. The van der Waals surface area contributed by atoms with Gasteiger partial charge in [0.2, 0.25) is 15.9 Å². The Morgan fingerprint density at radius 1 is 1.24 bits per heavy atom. The van der Waals surface area contributed by atoms with Crippen molar-refractivity contribution < 1.29 is 13.2 Å². The van der Waals surface area contributed by atoms with Gasteiger partial charge < -0.3 is 5.32 Å². The normalized spacial score (nSPS) is 18.9. The summed E-state index contributed by atoms with van der Waals surface area (Å²) in [5, 5.41) is 3.31. The molecule has 1 N–H and O–H groups in total. The predicted molar refractivity (Wildman–Crippen MR) is 98.2 cm³/mol. The summed E-state index contributed by atoms with van der Waals surface area (Å²) in [5.41, 5.74) is 0.873. The Bertz CT molecular complexity index is 843. The van der Waals surface area contributed by atoms with Crippen LogP contribution in [0.4, 0.5) is 5.13 Å². The first-order chi connectivity index (χ1) is 11.9.